The molecular formula is C12H17NO2. The first-order valence-corrected chi connectivity index (χ1v) is 5.19. The average Bonchev–Trinajstić information content (AvgIpc) is 2.27. The molecule has 0 aromatic heterocycles. The molecule has 0 saturated heterocycles. The maximum absolute atomic E-state index is 11.6. The van der Waals surface area contributed by atoms with Crippen molar-refractivity contribution in [2.24, 2.45) is 0 Å². The zero-order valence-electron chi connectivity index (χ0n) is 9.25. The van der Waals surface area contributed by atoms with E-state index in [0.717, 1.165) is 18.5 Å². The molecule has 1 aromatic rings. The highest BCUT2D eigenvalue weighted by Crippen LogP contribution is 2.10. The predicted molar refractivity (Wildman–Crippen MR) is 60.0 cm³/mol. The van der Waals surface area contributed by atoms with Gasteiger partial charge in [-0.1, -0.05) is 18.2 Å². The van der Waals surface area contributed by atoms with E-state index in [1.165, 1.54) is 0 Å². The van der Waals surface area contributed by atoms with Gasteiger partial charge in [0.15, 0.2) is 0 Å². The molecule has 15 heavy (non-hydrogen) atoms. The molecular weight excluding hydrogens is 190 g/mol. The van der Waals surface area contributed by atoms with Gasteiger partial charge in [-0.25, -0.2) is 4.79 Å². The van der Waals surface area contributed by atoms with E-state index in [-0.39, 0.29) is 5.97 Å². The molecule has 0 bridgehead atoms. The Labute approximate surface area is 90.4 Å². The summed E-state index contributed by atoms with van der Waals surface area (Å²) >= 11 is 0. The van der Waals surface area contributed by atoms with Gasteiger partial charge in [0.2, 0.25) is 0 Å². The second kappa shape index (κ2) is 6.19. The summed E-state index contributed by atoms with van der Waals surface area (Å²) in [5, 5.41) is 3.06. The van der Waals surface area contributed by atoms with Gasteiger partial charge in [-0.3, -0.25) is 0 Å². The third kappa shape index (κ3) is 3.36. The van der Waals surface area contributed by atoms with Gasteiger partial charge < -0.3 is 10.1 Å². The lowest BCUT2D eigenvalue weighted by Gasteiger charge is -2.07. The quantitative estimate of drug-likeness (QED) is 0.746. The minimum Gasteiger partial charge on any atom is -0.462 e. The van der Waals surface area contributed by atoms with E-state index in [1.54, 1.807) is 0 Å². The fourth-order valence-corrected chi connectivity index (χ4v) is 1.41. The molecule has 1 aromatic carbocycles. The van der Waals surface area contributed by atoms with Gasteiger partial charge in [-0.2, -0.15) is 0 Å². The molecule has 0 unspecified atom stereocenters. The van der Waals surface area contributed by atoms with Crippen LogP contribution in [0.5, 0.6) is 0 Å². The fourth-order valence-electron chi connectivity index (χ4n) is 1.41. The standard InChI is InChI=1S/C12H17NO2/c1-3-15-12(14)11-7-5-4-6-10(11)8-9-13-2/h4-7,13H,3,8-9H2,1-2H3. The van der Waals surface area contributed by atoms with Crippen LogP contribution in [0.15, 0.2) is 24.3 Å². The first-order chi connectivity index (χ1) is 7.29. The molecule has 0 spiro atoms. The summed E-state index contributed by atoms with van der Waals surface area (Å²) in [6.07, 6.45) is 0.839. The zero-order valence-corrected chi connectivity index (χ0v) is 9.25. The fraction of sp³-hybridized carbons (Fsp3) is 0.417. The van der Waals surface area contributed by atoms with Crippen LogP contribution in [-0.2, 0) is 11.2 Å². The number of ether oxygens (including phenoxy) is 1. The Morgan fingerprint density at radius 1 is 1.40 bits per heavy atom. The first kappa shape index (κ1) is 11.7. The summed E-state index contributed by atoms with van der Waals surface area (Å²) in [7, 11) is 1.90. The lowest BCUT2D eigenvalue weighted by Crippen LogP contribution is -2.14. The number of likely N-dealkylation sites (N-methyl/N-ethyl adjacent to an activating group) is 1. The summed E-state index contributed by atoms with van der Waals surface area (Å²) in [5.41, 5.74) is 1.71. The molecule has 0 amide bonds. The van der Waals surface area contributed by atoms with Crippen LogP contribution in [0.4, 0.5) is 0 Å². The van der Waals surface area contributed by atoms with Crippen molar-refractivity contribution in [3.63, 3.8) is 0 Å². The monoisotopic (exact) mass is 207 g/mol. The van der Waals surface area contributed by atoms with Gasteiger partial charge >= 0.3 is 5.97 Å². The molecule has 3 heteroatoms. The minimum atomic E-state index is -0.232. The highest BCUT2D eigenvalue weighted by atomic mass is 16.5. The molecule has 0 aliphatic rings. The van der Waals surface area contributed by atoms with Crippen LogP contribution in [0.1, 0.15) is 22.8 Å². The van der Waals surface area contributed by atoms with E-state index < -0.39 is 0 Å². The summed E-state index contributed by atoms with van der Waals surface area (Å²) in [5.74, 6) is -0.232. The highest BCUT2D eigenvalue weighted by Gasteiger charge is 2.10. The summed E-state index contributed by atoms with van der Waals surface area (Å²) < 4.78 is 4.99. The molecule has 0 aliphatic carbocycles. The lowest BCUT2D eigenvalue weighted by atomic mass is 10.0. The second-order valence-electron chi connectivity index (χ2n) is 3.23. The molecule has 3 nitrogen and oxygen atoms in total. The Hall–Kier alpha value is -1.35. The van der Waals surface area contributed by atoms with Gasteiger partial charge in [-0.15, -0.1) is 0 Å². The number of hydrogen-bond donors (Lipinski definition) is 1. The normalized spacial score (nSPS) is 10.0. The van der Waals surface area contributed by atoms with Gasteiger partial charge in [0, 0.05) is 0 Å². The lowest BCUT2D eigenvalue weighted by molar-refractivity contribution is 0.0525. The smallest absolute Gasteiger partial charge is 0.338 e. The largest absolute Gasteiger partial charge is 0.462 e. The van der Waals surface area contributed by atoms with Gasteiger partial charge in [0.05, 0.1) is 12.2 Å². The molecule has 0 radical (unpaired) electrons. The average molecular weight is 207 g/mol. The van der Waals surface area contributed by atoms with Crippen molar-refractivity contribution in [2.75, 3.05) is 20.2 Å². The van der Waals surface area contributed by atoms with Crippen molar-refractivity contribution in [1.82, 2.24) is 5.32 Å². The van der Waals surface area contributed by atoms with Gasteiger partial charge in [0.25, 0.3) is 0 Å². The highest BCUT2D eigenvalue weighted by molar-refractivity contribution is 5.91. The van der Waals surface area contributed by atoms with E-state index in [9.17, 15) is 4.79 Å². The Balaban J connectivity index is 2.80. The molecule has 1 rings (SSSR count). The molecule has 0 aliphatic heterocycles. The minimum absolute atomic E-state index is 0.232. The van der Waals surface area contributed by atoms with Crippen LogP contribution < -0.4 is 5.32 Å². The van der Waals surface area contributed by atoms with Crippen LogP contribution in [-0.4, -0.2) is 26.2 Å². The number of carbonyl (C=O) groups excluding carboxylic acids is 1. The Morgan fingerprint density at radius 3 is 2.80 bits per heavy atom. The number of benzene rings is 1. The summed E-state index contributed by atoms with van der Waals surface area (Å²) in [6, 6.07) is 7.56. The Morgan fingerprint density at radius 2 is 2.13 bits per heavy atom. The summed E-state index contributed by atoms with van der Waals surface area (Å²) in [6.45, 7) is 3.09. The van der Waals surface area contributed by atoms with E-state index in [2.05, 4.69) is 5.32 Å². The number of rotatable bonds is 5. The third-order valence-corrected chi connectivity index (χ3v) is 2.16. The van der Waals surface area contributed by atoms with Crippen molar-refractivity contribution in [3.05, 3.63) is 35.4 Å². The number of esters is 1. The van der Waals surface area contributed by atoms with E-state index >= 15 is 0 Å². The van der Waals surface area contributed by atoms with Crippen LogP contribution in [0, 0.1) is 0 Å². The van der Waals surface area contributed by atoms with Crippen LogP contribution in [0.2, 0.25) is 0 Å². The van der Waals surface area contributed by atoms with Crippen molar-refractivity contribution < 1.29 is 9.53 Å². The van der Waals surface area contributed by atoms with Crippen molar-refractivity contribution in [3.8, 4) is 0 Å². The van der Waals surface area contributed by atoms with Crippen LogP contribution in [0.25, 0.3) is 0 Å². The zero-order chi connectivity index (χ0) is 11.1. The number of nitrogens with one attached hydrogen (secondary N) is 1. The van der Waals surface area contributed by atoms with Gasteiger partial charge in [-0.05, 0) is 38.6 Å². The van der Waals surface area contributed by atoms with Crippen molar-refractivity contribution in [1.29, 1.82) is 0 Å². The number of hydrogen-bond acceptors (Lipinski definition) is 3. The summed E-state index contributed by atoms with van der Waals surface area (Å²) in [4.78, 5) is 11.6. The van der Waals surface area contributed by atoms with Crippen LogP contribution >= 0.6 is 0 Å². The maximum Gasteiger partial charge on any atom is 0.338 e. The topological polar surface area (TPSA) is 38.3 Å². The predicted octanol–water partition coefficient (Wildman–Crippen LogP) is 1.63. The third-order valence-electron chi connectivity index (χ3n) is 2.16. The van der Waals surface area contributed by atoms with E-state index in [0.29, 0.717) is 12.2 Å². The molecule has 0 atom stereocenters. The SMILES string of the molecule is CCOC(=O)c1ccccc1CCNC. The first-order valence-electron chi connectivity index (χ1n) is 5.19. The van der Waals surface area contributed by atoms with E-state index in [4.69, 9.17) is 4.74 Å². The van der Waals surface area contributed by atoms with E-state index in [1.807, 2.05) is 38.2 Å². The molecule has 0 fully saturated rings. The molecule has 82 valence electrons. The van der Waals surface area contributed by atoms with Crippen molar-refractivity contribution >= 4 is 5.97 Å². The molecule has 0 heterocycles. The van der Waals surface area contributed by atoms with Crippen LogP contribution in [0.3, 0.4) is 0 Å². The molecule has 0 saturated carbocycles. The molecule has 1 N–H and O–H groups in total. The van der Waals surface area contributed by atoms with Gasteiger partial charge in [0.1, 0.15) is 0 Å². The van der Waals surface area contributed by atoms with Crippen molar-refractivity contribution in [2.45, 2.75) is 13.3 Å². The second-order valence-corrected chi connectivity index (χ2v) is 3.23. The number of carbonyl (C=O) groups is 1. The Kier molecular flexibility index (Phi) is 4.84. The maximum atomic E-state index is 11.6. The Bertz CT molecular complexity index is 323.